The molecule has 1 atom stereocenters. The number of allylic oxidation sites excluding steroid dienone is 18. The number of esters is 3. The molecule has 0 fully saturated rings. The van der Waals surface area contributed by atoms with Crippen molar-refractivity contribution in [1.29, 1.82) is 0 Å². The van der Waals surface area contributed by atoms with E-state index in [1.807, 2.05) is 6.08 Å². The molecule has 6 nitrogen and oxygen atoms in total. The van der Waals surface area contributed by atoms with Gasteiger partial charge in [-0.2, -0.15) is 0 Å². The highest BCUT2D eigenvalue weighted by Crippen LogP contribution is 2.12. The van der Waals surface area contributed by atoms with Gasteiger partial charge in [0.05, 0.1) is 0 Å². The third kappa shape index (κ3) is 52.9. The predicted molar refractivity (Wildman–Crippen MR) is 288 cm³/mol. The molecule has 0 spiro atoms. The average Bonchev–Trinajstić information content (AvgIpc) is 3.33. The molecule has 0 aliphatic carbocycles. The third-order valence-electron chi connectivity index (χ3n) is 11.2. The minimum atomic E-state index is -0.835. The van der Waals surface area contributed by atoms with Crippen LogP contribution in [-0.4, -0.2) is 37.2 Å². The van der Waals surface area contributed by atoms with Crippen LogP contribution >= 0.6 is 0 Å². The van der Waals surface area contributed by atoms with Crippen molar-refractivity contribution in [1.82, 2.24) is 0 Å². The molecule has 0 N–H and O–H groups in total. The Hall–Kier alpha value is -3.93. The summed E-state index contributed by atoms with van der Waals surface area (Å²) in [4.78, 5) is 38.0. The van der Waals surface area contributed by atoms with Gasteiger partial charge in [-0.25, -0.2) is 0 Å². The summed E-state index contributed by atoms with van der Waals surface area (Å²) in [7, 11) is 0. The molecule has 0 saturated carbocycles. The van der Waals surface area contributed by atoms with E-state index >= 15 is 0 Å². The molecule has 0 saturated heterocycles. The number of carbonyl (C=O) groups is 3. The van der Waals surface area contributed by atoms with E-state index in [1.165, 1.54) is 96.3 Å². The van der Waals surface area contributed by atoms with Crippen LogP contribution in [0.15, 0.2) is 109 Å². The lowest BCUT2D eigenvalue weighted by atomic mass is 10.1. The minimum Gasteiger partial charge on any atom is -0.462 e. The second-order valence-corrected chi connectivity index (χ2v) is 17.7. The van der Waals surface area contributed by atoms with Crippen LogP contribution in [0.1, 0.15) is 239 Å². The largest absolute Gasteiger partial charge is 0.462 e. The topological polar surface area (TPSA) is 78.9 Å². The Morgan fingerprint density at radius 2 is 0.627 bits per heavy atom. The van der Waals surface area contributed by atoms with Gasteiger partial charge < -0.3 is 14.2 Å². The maximum atomic E-state index is 12.8. The second-order valence-electron chi connectivity index (χ2n) is 17.7. The maximum absolute atomic E-state index is 12.8. The minimum absolute atomic E-state index is 0.124. The van der Waals surface area contributed by atoms with E-state index < -0.39 is 6.10 Å². The molecule has 0 aromatic carbocycles. The molecule has 380 valence electrons. The fourth-order valence-corrected chi connectivity index (χ4v) is 7.15. The van der Waals surface area contributed by atoms with Gasteiger partial charge >= 0.3 is 17.9 Å². The maximum Gasteiger partial charge on any atom is 0.306 e. The Labute approximate surface area is 412 Å². The first-order valence-corrected chi connectivity index (χ1v) is 27.4. The molecule has 6 heteroatoms. The van der Waals surface area contributed by atoms with E-state index in [1.54, 1.807) is 0 Å². The van der Waals surface area contributed by atoms with Crippen molar-refractivity contribution in [3.63, 3.8) is 0 Å². The Morgan fingerprint density at radius 3 is 1.04 bits per heavy atom. The first-order valence-electron chi connectivity index (χ1n) is 27.4. The SMILES string of the molecule is CC/C=C\C/C=C\C/C=C\C/C=C\CCCCCCCCC(=O)OCC(COC(=O)CC/C=C\C/C=C\CCCCCCCC)OC(=O)CCC/C=C\C/C=C\C/C=C\CCCCCCCC. The zero-order valence-corrected chi connectivity index (χ0v) is 43.4. The summed E-state index contributed by atoms with van der Waals surface area (Å²) in [5.74, 6) is -1.06. The van der Waals surface area contributed by atoms with Gasteiger partial charge in [0.25, 0.3) is 0 Å². The molecule has 0 rings (SSSR count). The number of rotatable bonds is 48. The number of unbranched alkanes of at least 4 members (excludes halogenated alkanes) is 19. The summed E-state index contributed by atoms with van der Waals surface area (Å²) >= 11 is 0. The molecule has 0 heterocycles. The van der Waals surface area contributed by atoms with Crippen molar-refractivity contribution in [3.05, 3.63) is 109 Å². The van der Waals surface area contributed by atoms with Crippen molar-refractivity contribution in [2.75, 3.05) is 13.2 Å². The highest BCUT2D eigenvalue weighted by atomic mass is 16.6. The standard InChI is InChI=1S/C61H100O6/c1-4-7-10-13-16-19-22-25-27-29-30-32-33-36-39-42-45-48-51-54-60(63)66-57-58(56-65-59(62)53-50-47-44-41-38-35-24-21-18-15-12-9-6-3)67-61(64)55-52-49-46-43-40-37-34-31-28-26-23-20-17-14-11-8-5-2/h7,10,16,19,25-28,30,32,34-35,37-38,43-44,46-47,58H,4-6,8-9,11-15,17-18,20-24,29,31,33,36,39-42,45,48-57H2,1-3H3/b10-7-,19-16-,27-25-,28-26-,32-30-,37-34-,38-35-,46-43-,47-44-. The summed E-state index contributed by atoms with van der Waals surface area (Å²) in [6.07, 6.45) is 73.8. The Bertz CT molecular complexity index is 1390. The Kier molecular flexibility index (Phi) is 51.5. The molecular weight excluding hydrogens is 829 g/mol. The number of hydrogen-bond donors (Lipinski definition) is 0. The van der Waals surface area contributed by atoms with Gasteiger partial charge in [0.1, 0.15) is 13.2 Å². The lowest BCUT2D eigenvalue weighted by Gasteiger charge is -2.18. The van der Waals surface area contributed by atoms with Crippen molar-refractivity contribution in [2.24, 2.45) is 0 Å². The second kappa shape index (κ2) is 54.7. The molecule has 1 unspecified atom stereocenters. The third-order valence-corrected chi connectivity index (χ3v) is 11.2. The zero-order valence-electron chi connectivity index (χ0n) is 43.4. The van der Waals surface area contributed by atoms with Crippen molar-refractivity contribution < 1.29 is 28.6 Å². The van der Waals surface area contributed by atoms with E-state index in [4.69, 9.17) is 14.2 Å². The van der Waals surface area contributed by atoms with Crippen molar-refractivity contribution >= 4 is 17.9 Å². The van der Waals surface area contributed by atoms with Crippen LogP contribution in [-0.2, 0) is 28.6 Å². The van der Waals surface area contributed by atoms with Crippen molar-refractivity contribution in [3.8, 4) is 0 Å². The van der Waals surface area contributed by atoms with Gasteiger partial charge in [-0.15, -0.1) is 0 Å². The van der Waals surface area contributed by atoms with Gasteiger partial charge in [-0.3, -0.25) is 14.4 Å². The van der Waals surface area contributed by atoms with Gasteiger partial charge in [-0.05, 0) is 109 Å². The smallest absolute Gasteiger partial charge is 0.306 e. The van der Waals surface area contributed by atoms with Crippen LogP contribution in [0.5, 0.6) is 0 Å². The molecular formula is C61H100O6. The molecule has 0 aliphatic heterocycles. The van der Waals surface area contributed by atoms with Gasteiger partial charge in [0, 0.05) is 19.3 Å². The lowest BCUT2D eigenvalue weighted by molar-refractivity contribution is -0.166. The van der Waals surface area contributed by atoms with Crippen LogP contribution in [0, 0.1) is 0 Å². The lowest BCUT2D eigenvalue weighted by Crippen LogP contribution is -2.30. The molecule has 0 radical (unpaired) electrons. The van der Waals surface area contributed by atoms with Gasteiger partial charge in [0.15, 0.2) is 6.10 Å². The monoisotopic (exact) mass is 929 g/mol. The Balaban J connectivity index is 4.54. The quantitative estimate of drug-likeness (QED) is 0.0262. The summed E-state index contributed by atoms with van der Waals surface area (Å²) < 4.78 is 16.7. The molecule has 67 heavy (non-hydrogen) atoms. The van der Waals surface area contributed by atoms with E-state index in [2.05, 4.69) is 124 Å². The normalized spacial score (nSPS) is 12.9. The van der Waals surface area contributed by atoms with E-state index in [-0.39, 0.29) is 44.0 Å². The molecule has 0 amide bonds. The van der Waals surface area contributed by atoms with E-state index in [0.29, 0.717) is 19.3 Å². The molecule has 0 aromatic heterocycles. The zero-order chi connectivity index (χ0) is 48.6. The van der Waals surface area contributed by atoms with Crippen LogP contribution in [0.4, 0.5) is 0 Å². The molecule has 0 bridgehead atoms. The predicted octanol–water partition coefficient (Wildman–Crippen LogP) is 18.3. The van der Waals surface area contributed by atoms with Crippen molar-refractivity contribution in [2.45, 2.75) is 245 Å². The first-order chi connectivity index (χ1) is 33.0. The number of carbonyl (C=O) groups excluding carboxylic acids is 3. The molecule has 0 aromatic rings. The first kappa shape index (κ1) is 63.1. The summed E-state index contributed by atoms with van der Waals surface area (Å²) in [6, 6.07) is 0. The van der Waals surface area contributed by atoms with Crippen LogP contribution in [0.25, 0.3) is 0 Å². The fraction of sp³-hybridized carbons (Fsp3) is 0.656. The summed E-state index contributed by atoms with van der Waals surface area (Å²) in [5.41, 5.74) is 0. The van der Waals surface area contributed by atoms with Gasteiger partial charge in [-0.1, -0.05) is 220 Å². The van der Waals surface area contributed by atoms with E-state index in [0.717, 1.165) is 89.9 Å². The van der Waals surface area contributed by atoms with E-state index in [9.17, 15) is 14.4 Å². The fourth-order valence-electron chi connectivity index (χ4n) is 7.15. The highest BCUT2D eigenvalue weighted by molar-refractivity contribution is 5.71. The summed E-state index contributed by atoms with van der Waals surface area (Å²) in [5, 5.41) is 0. The van der Waals surface area contributed by atoms with Crippen LogP contribution < -0.4 is 0 Å². The number of ether oxygens (including phenoxy) is 3. The van der Waals surface area contributed by atoms with Gasteiger partial charge in [0.2, 0.25) is 0 Å². The Morgan fingerprint density at radius 1 is 0.313 bits per heavy atom. The van der Waals surface area contributed by atoms with Crippen LogP contribution in [0.2, 0.25) is 0 Å². The summed E-state index contributed by atoms with van der Waals surface area (Å²) in [6.45, 7) is 6.40. The molecule has 0 aliphatic rings. The average molecular weight is 929 g/mol. The highest BCUT2D eigenvalue weighted by Gasteiger charge is 2.19. The van der Waals surface area contributed by atoms with Crippen LogP contribution in [0.3, 0.4) is 0 Å². The number of hydrogen-bond acceptors (Lipinski definition) is 6.